The minimum atomic E-state index is -0.346. The summed E-state index contributed by atoms with van der Waals surface area (Å²) in [5.41, 5.74) is 6.69. The molecule has 2 rings (SSSR count). The molecule has 0 aliphatic heterocycles. The largest absolute Gasteiger partial charge is 0.394 e. The summed E-state index contributed by atoms with van der Waals surface area (Å²) in [5.74, 6) is 0. The van der Waals surface area contributed by atoms with Crippen molar-refractivity contribution < 1.29 is 5.11 Å². The third kappa shape index (κ3) is 3.18. The van der Waals surface area contributed by atoms with Crippen molar-refractivity contribution in [3.05, 3.63) is 36.9 Å². The van der Waals surface area contributed by atoms with E-state index in [-0.39, 0.29) is 12.6 Å². The fourth-order valence-electron chi connectivity index (χ4n) is 1.92. The summed E-state index contributed by atoms with van der Waals surface area (Å²) in [4.78, 5) is 8.08. The number of rotatable bonds is 7. The van der Waals surface area contributed by atoms with Crippen LogP contribution in [0.5, 0.6) is 0 Å². The lowest BCUT2D eigenvalue weighted by atomic mass is 10.2. The van der Waals surface area contributed by atoms with E-state index in [1.54, 1.807) is 18.7 Å². The molecule has 0 amide bonds. The van der Waals surface area contributed by atoms with Crippen LogP contribution in [0.15, 0.2) is 31.2 Å². The summed E-state index contributed by atoms with van der Waals surface area (Å²) in [6.45, 7) is 1.79. The molecule has 0 saturated carbocycles. The Hall–Kier alpha value is -1.66. The zero-order valence-electron chi connectivity index (χ0n) is 10.3. The van der Waals surface area contributed by atoms with Gasteiger partial charge in [-0.2, -0.15) is 0 Å². The zero-order valence-corrected chi connectivity index (χ0v) is 10.3. The van der Waals surface area contributed by atoms with Crippen molar-refractivity contribution in [3.63, 3.8) is 0 Å². The van der Waals surface area contributed by atoms with Crippen molar-refractivity contribution in [3.8, 4) is 0 Å². The van der Waals surface area contributed by atoms with Gasteiger partial charge in [0.05, 0.1) is 31.0 Å². The molecule has 98 valence electrons. The van der Waals surface area contributed by atoms with Crippen molar-refractivity contribution in [2.24, 2.45) is 5.73 Å². The first-order chi connectivity index (χ1) is 8.81. The predicted octanol–water partition coefficient (Wildman–Crippen LogP) is 0.552. The lowest BCUT2D eigenvalue weighted by Gasteiger charge is -2.12. The number of hydrogen-bond acceptors (Lipinski definition) is 4. The first kappa shape index (κ1) is 12.8. The van der Waals surface area contributed by atoms with Crippen molar-refractivity contribution in [2.45, 2.75) is 32.0 Å². The monoisotopic (exact) mass is 249 g/mol. The quantitative estimate of drug-likeness (QED) is 0.702. The Bertz CT molecular complexity index is 451. The minimum absolute atomic E-state index is 0.0548. The summed E-state index contributed by atoms with van der Waals surface area (Å²) in [7, 11) is 0. The summed E-state index contributed by atoms with van der Waals surface area (Å²) in [5, 5.41) is 9.05. The molecule has 2 aromatic rings. The second-order valence-corrected chi connectivity index (χ2v) is 4.31. The molecule has 0 radical (unpaired) electrons. The number of aliphatic hydroxyl groups is 1. The number of aryl methyl sites for hydroxylation is 2. The lowest BCUT2D eigenvalue weighted by Crippen LogP contribution is -2.18. The molecule has 0 spiro atoms. The topological polar surface area (TPSA) is 81.9 Å². The van der Waals surface area contributed by atoms with Crippen LogP contribution < -0.4 is 5.73 Å². The molecular formula is C12H19N5O. The number of aromatic nitrogens is 4. The molecule has 0 aliphatic carbocycles. The Morgan fingerprint density at radius 1 is 1.22 bits per heavy atom. The maximum absolute atomic E-state index is 9.05. The molecule has 6 nitrogen and oxygen atoms in total. The van der Waals surface area contributed by atoms with E-state index in [9.17, 15) is 0 Å². The van der Waals surface area contributed by atoms with Gasteiger partial charge in [0.2, 0.25) is 0 Å². The maximum atomic E-state index is 9.05. The second kappa shape index (κ2) is 6.32. The maximum Gasteiger partial charge on any atom is 0.0948 e. The normalized spacial score (nSPS) is 12.8. The summed E-state index contributed by atoms with van der Waals surface area (Å²) in [6, 6.07) is -0.346. The van der Waals surface area contributed by atoms with Crippen LogP contribution in [0.3, 0.4) is 0 Å². The van der Waals surface area contributed by atoms with Crippen LogP contribution in [0, 0.1) is 0 Å². The smallest absolute Gasteiger partial charge is 0.0948 e. The molecule has 2 heterocycles. The van der Waals surface area contributed by atoms with E-state index < -0.39 is 0 Å². The second-order valence-electron chi connectivity index (χ2n) is 4.31. The van der Waals surface area contributed by atoms with Gasteiger partial charge in [0.15, 0.2) is 0 Å². The summed E-state index contributed by atoms with van der Waals surface area (Å²) < 4.78 is 4.07. The Labute approximate surface area is 106 Å². The van der Waals surface area contributed by atoms with Gasteiger partial charge in [-0.25, -0.2) is 9.97 Å². The molecule has 0 aromatic carbocycles. The van der Waals surface area contributed by atoms with Crippen LogP contribution >= 0.6 is 0 Å². The van der Waals surface area contributed by atoms with Gasteiger partial charge in [-0.3, -0.25) is 0 Å². The van der Waals surface area contributed by atoms with Crippen LogP contribution in [0.1, 0.15) is 24.6 Å². The minimum Gasteiger partial charge on any atom is -0.394 e. The molecule has 1 atom stereocenters. The van der Waals surface area contributed by atoms with E-state index in [4.69, 9.17) is 10.8 Å². The molecule has 2 aromatic heterocycles. The number of imidazole rings is 2. The molecule has 0 aliphatic rings. The Balaban J connectivity index is 1.78. The van der Waals surface area contributed by atoms with Crippen LogP contribution in [-0.4, -0.2) is 30.8 Å². The first-order valence-electron chi connectivity index (χ1n) is 6.13. The van der Waals surface area contributed by atoms with Gasteiger partial charge >= 0.3 is 0 Å². The van der Waals surface area contributed by atoms with E-state index in [1.807, 2.05) is 17.1 Å². The van der Waals surface area contributed by atoms with Crippen molar-refractivity contribution >= 4 is 0 Å². The average molecular weight is 249 g/mol. The van der Waals surface area contributed by atoms with Gasteiger partial charge in [-0.05, 0) is 12.8 Å². The van der Waals surface area contributed by atoms with E-state index in [0.717, 1.165) is 31.6 Å². The van der Waals surface area contributed by atoms with Gasteiger partial charge in [0.1, 0.15) is 0 Å². The molecule has 0 saturated heterocycles. The van der Waals surface area contributed by atoms with Crippen LogP contribution in [-0.2, 0) is 13.1 Å². The highest BCUT2D eigenvalue weighted by Gasteiger charge is 2.09. The number of nitrogens with two attached hydrogens (primary N) is 1. The van der Waals surface area contributed by atoms with Crippen molar-refractivity contribution in [1.82, 2.24) is 19.1 Å². The van der Waals surface area contributed by atoms with Gasteiger partial charge in [0, 0.05) is 31.7 Å². The fourth-order valence-corrected chi connectivity index (χ4v) is 1.92. The highest BCUT2D eigenvalue weighted by atomic mass is 16.3. The predicted molar refractivity (Wildman–Crippen MR) is 67.7 cm³/mol. The summed E-state index contributed by atoms with van der Waals surface area (Å²) >= 11 is 0. The van der Waals surface area contributed by atoms with Crippen LogP contribution in [0.4, 0.5) is 0 Å². The lowest BCUT2D eigenvalue weighted by molar-refractivity contribution is 0.263. The number of aliphatic hydroxyl groups excluding tert-OH is 1. The summed E-state index contributed by atoms with van der Waals surface area (Å²) in [6.07, 6.45) is 11.2. The standard InChI is InChI=1S/C12H19N5O/c13-11(8-18)12-7-15-10-17(12)5-2-1-4-16-6-3-14-9-16/h3,6-7,9-11,18H,1-2,4-5,8,13H2. The van der Waals surface area contributed by atoms with E-state index in [1.165, 1.54) is 0 Å². The Morgan fingerprint density at radius 3 is 2.78 bits per heavy atom. The van der Waals surface area contributed by atoms with E-state index >= 15 is 0 Å². The number of nitrogens with zero attached hydrogens (tertiary/aromatic N) is 4. The van der Waals surface area contributed by atoms with Gasteiger partial charge in [-0.1, -0.05) is 0 Å². The average Bonchev–Trinajstić information content (AvgIpc) is 3.04. The van der Waals surface area contributed by atoms with Crippen LogP contribution in [0.2, 0.25) is 0 Å². The molecule has 0 bridgehead atoms. The first-order valence-corrected chi connectivity index (χ1v) is 6.13. The molecular weight excluding hydrogens is 230 g/mol. The van der Waals surface area contributed by atoms with E-state index in [2.05, 4.69) is 14.5 Å². The van der Waals surface area contributed by atoms with Crippen molar-refractivity contribution in [2.75, 3.05) is 6.61 Å². The van der Waals surface area contributed by atoms with E-state index in [0.29, 0.717) is 0 Å². The van der Waals surface area contributed by atoms with Gasteiger partial charge < -0.3 is 20.0 Å². The zero-order chi connectivity index (χ0) is 12.8. The van der Waals surface area contributed by atoms with Crippen molar-refractivity contribution in [1.29, 1.82) is 0 Å². The highest BCUT2D eigenvalue weighted by molar-refractivity contribution is 5.04. The fraction of sp³-hybridized carbons (Fsp3) is 0.500. The molecule has 1 unspecified atom stereocenters. The Morgan fingerprint density at radius 2 is 2.06 bits per heavy atom. The van der Waals surface area contributed by atoms with Gasteiger partial charge in [0.25, 0.3) is 0 Å². The molecule has 6 heteroatoms. The highest BCUT2D eigenvalue weighted by Crippen LogP contribution is 2.10. The molecule has 18 heavy (non-hydrogen) atoms. The number of hydrogen-bond donors (Lipinski definition) is 2. The third-order valence-electron chi connectivity index (χ3n) is 2.95. The van der Waals surface area contributed by atoms with Gasteiger partial charge in [-0.15, -0.1) is 0 Å². The number of unbranched alkanes of at least 4 members (excludes halogenated alkanes) is 1. The third-order valence-corrected chi connectivity index (χ3v) is 2.95. The molecule has 3 N–H and O–H groups in total. The Kier molecular flexibility index (Phi) is 4.49. The van der Waals surface area contributed by atoms with Crippen LogP contribution in [0.25, 0.3) is 0 Å². The SMILES string of the molecule is NC(CO)c1cncn1CCCCn1ccnc1. The molecule has 0 fully saturated rings.